The largest absolute Gasteiger partial charge is 0.484 e. The van der Waals surface area contributed by atoms with Gasteiger partial charge in [0.05, 0.1) is 0 Å². The number of amides is 1. The minimum Gasteiger partial charge on any atom is -0.484 e. The Morgan fingerprint density at radius 3 is 2.36 bits per heavy atom. The van der Waals surface area contributed by atoms with Crippen molar-refractivity contribution in [2.24, 2.45) is 5.73 Å². The highest BCUT2D eigenvalue weighted by atomic mass is 19.1. The number of carbonyl (C=O) groups excluding carboxylic acids is 1. The third-order valence-corrected chi connectivity index (χ3v) is 3.85. The van der Waals surface area contributed by atoms with Gasteiger partial charge in [0.25, 0.3) is 5.91 Å². The number of ether oxygens (including phenoxy) is 1. The van der Waals surface area contributed by atoms with E-state index < -0.39 is 5.91 Å². The van der Waals surface area contributed by atoms with E-state index in [1.54, 1.807) is 0 Å². The van der Waals surface area contributed by atoms with Gasteiger partial charge in [-0.1, -0.05) is 24.3 Å². The Balaban J connectivity index is 1.87. The number of nitrogens with one attached hydrogen (secondary N) is 1. The van der Waals surface area contributed by atoms with Crippen molar-refractivity contribution in [1.82, 2.24) is 10.2 Å². The van der Waals surface area contributed by atoms with Crippen molar-refractivity contribution < 1.29 is 13.9 Å². The summed E-state index contributed by atoms with van der Waals surface area (Å²) in [5, 5.41) is 3.42. The van der Waals surface area contributed by atoms with Crippen molar-refractivity contribution >= 4 is 5.91 Å². The van der Waals surface area contributed by atoms with Gasteiger partial charge in [-0.05, 0) is 49.5 Å². The molecule has 5 nitrogen and oxygen atoms in total. The van der Waals surface area contributed by atoms with Gasteiger partial charge in [-0.15, -0.1) is 0 Å². The Bertz CT molecular complexity index is 672. The monoisotopic (exact) mass is 345 g/mol. The second-order valence-electron chi connectivity index (χ2n) is 6.06. The number of hydrogen-bond donors (Lipinski definition) is 2. The van der Waals surface area contributed by atoms with Crippen LogP contribution in [0.2, 0.25) is 0 Å². The molecule has 0 saturated carbocycles. The number of likely N-dealkylation sites (N-methyl/N-ethyl adjacent to an activating group) is 1. The second kappa shape index (κ2) is 9.15. The molecule has 2 rings (SSSR count). The average molecular weight is 345 g/mol. The minimum atomic E-state index is -0.499. The Hall–Kier alpha value is -2.44. The molecular weight excluding hydrogens is 321 g/mol. The fraction of sp³-hybridized carbons (Fsp3) is 0.316. The molecule has 0 aliphatic heterocycles. The molecule has 0 bridgehead atoms. The Kier molecular flexibility index (Phi) is 6.91. The van der Waals surface area contributed by atoms with Crippen LogP contribution >= 0.6 is 0 Å². The number of hydrogen-bond acceptors (Lipinski definition) is 4. The van der Waals surface area contributed by atoms with Gasteiger partial charge in [0.15, 0.2) is 6.61 Å². The molecule has 6 heteroatoms. The van der Waals surface area contributed by atoms with E-state index in [1.165, 1.54) is 12.1 Å². The van der Waals surface area contributed by atoms with Crippen LogP contribution in [0.3, 0.4) is 0 Å². The topological polar surface area (TPSA) is 67.6 Å². The molecule has 0 aliphatic carbocycles. The molecule has 25 heavy (non-hydrogen) atoms. The fourth-order valence-corrected chi connectivity index (χ4v) is 2.49. The van der Waals surface area contributed by atoms with Gasteiger partial charge in [-0.3, -0.25) is 4.79 Å². The zero-order valence-corrected chi connectivity index (χ0v) is 14.5. The first kappa shape index (κ1) is 18.9. The predicted molar refractivity (Wildman–Crippen MR) is 95.7 cm³/mol. The molecule has 0 aliphatic rings. The first-order chi connectivity index (χ1) is 12.0. The third-order valence-electron chi connectivity index (χ3n) is 3.85. The SMILES string of the molecule is CN(C)C(CNCc1ccc(OCC(N)=O)cc1)c1ccc(F)cc1. The van der Waals surface area contributed by atoms with Gasteiger partial charge in [0.2, 0.25) is 0 Å². The van der Waals surface area contributed by atoms with Crippen molar-refractivity contribution in [3.8, 4) is 5.75 Å². The van der Waals surface area contributed by atoms with Crippen LogP contribution in [-0.2, 0) is 11.3 Å². The van der Waals surface area contributed by atoms with E-state index in [-0.39, 0.29) is 18.5 Å². The van der Waals surface area contributed by atoms with Gasteiger partial charge in [-0.2, -0.15) is 0 Å². The summed E-state index contributed by atoms with van der Waals surface area (Å²) in [4.78, 5) is 12.8. The van der Waals surface area contributed by atoms with Crippen LogP contribution in [0.5, 0.6) is 5.75 Å². The van der Waals surface area contributed by atoms with Gasteiger partial charge in [0.1, 0.15) is 11.6 Å². The molecule has 1 unspecified atom stereocenters. The van der Waals surface area contributed by atoms with E-state index in [0.29, 0.717) is 12.3 Å². The lowest BCUT2D eigenvalue weighted by molar-refractivity contribution is -0.119. The summed E-state index contributed by atoms with van der Waals surface area (Å²) in [6.07, 6.45) is 0. The van der Waals surface area contributed by atoms with Crippen molar-refractivity contribution in [3.05, 3.63) is 65.5 Å². The number of nitrogens with two attached hydrogens (primary N) is 1. The molecule has 2 aromatic carbocycles. The lowest BCUT2D eigenvalue weighted by atomic mass is 10.1. The number of halogens is 1. The highest BCUT2D eigenvalue weighted by Gasteiger charge is 2.13. The normalized spacial score (nSPS) is 12.2. The summed E-state index contributed by atoms with van der Waals surface area (Å²) >= 11 is 0. The van der Waals surface area contributed by atoms with Crippen molar-refractivity contribution in [2.45, 2.75) is 12.6 Å². The standard InChI is InChI=1S/C19H24FN3O2/c1-23(2)18(15-5-7-16(20)8-6-15)12-22-11-14-3-9-17(10-4-14)25-13-19(21)24/h3-10,18,22H,11-13H2,1-2H3,(H2,21,24). The predicted octanol–water partition coefficient (Wildman–Crippen LogP) is 2.08. The molecule has 3 N–H and O–H groups in total. The molecule has 0 aromatic heterocycles. The molecule has 0 saturated heterocycles. The van der Waals surface area contributed by atoms with Crippen molar-refractivity contribution in [2.75, 3.05) is 27.2 Å². The van der Waals surface area contributed by atoms with E-state index in [4.69, 9.17) is 10.5 Å². The third kappa shape index (κ3) is 6.17. The molecule has 134 valence electrons. The van der Waals surface area contributed by atoms with E-state index in [0.717, 1.165) is 17.7 Å². The van der Waals surface area contributed by atoms with Crippen LogP contribution in [-0.4, -0.2) is 38.1 Å². The molecule has 0 radical (unpaired) electrons. The summed E-state index contributed by atoms with van der Waals surface area (Å²) in [7, 11) is 4.00. The van der Waals surface area contributed by atoms with Gasteiger partial charge in [-0.25, -0.2) is 4.39 Å². The van der Waals surface area contributed by atoms with E-state index in [9.17, 15) is 9.18 Å². The molecule has 0 heterocycles. The first-order valence-electron chi connectivity index (χ1n) is 8.08. The Morgan fingerprint density at radius 2 is 1.80 bits per heavy atom. The zero-order valence-electron chi connectivity index (χ0n) is 14.5. The minimum absolute atomic E-state index is 0.125. The first-order valence-corrected chi connectivity index (χ1v) is 8.08. The summed E-state index contributed by atoms with van der Waals surface area (Å²) in [6, 6.07) is 14.2. The lowest BCUT2D eigenvalue weighted by Crippen LogP contribution is -2.30. The molecule has 1 amide bonds. The van der Waals surface area contributed by atoms with Crippen LogP contribution in [0, 0.1) is 5.82 Å². The van der Waals surface area contributed by atoms with Crippen LogP contribution in [0.1, 0.15) is 17.2 Å². The molecule has 0 fully saturated rings. The molecular formula is C19H24FN3O2. The molecule has 0 spiro atoms. The number of benzene rings is 2. The van der Waals surface area contributed by atoms with Crippen molar-refractivity contribution in [3.63, 3.8) is 0 Å². The smallest absolute Gasteiger partial charge is 0.255 e. The number of rotatable bonds is 9. The average Bonchev–Trinajstić information content (AvgIpc) is 2.58. The Labute approximate surface area is 147 Å². The second-order valence-corrected chi connectivity index (χ2v) is 6.06. The maximum Gasteiger partial charge on any atom is 0.255 e. The Morgan fingerprint density at radius 1 is 1.16 bits per heavy atom. The number of primary amides is 1. The van der Waals surface area contributed by atoms with Gasteiger partial charge >= 0.3 is 0 Å². The summed E-state index contributed by atoms with van der Waals surface area (Å²) in [5.74, 6) is -0.117. The number of nitrogens with zero attached hydrogens (tertiary/aromatic N) is 1. The van der Waals surface area contributed by atoms with Crippen molar-refractivity contribution in [1.29, 1.82) is 0 Å². The highest BCUT2D eigenvalue weighted by Crippen LogP contribution is 2.18. The van der Waals surface area contributed by atoms with Gasteiger partial charge in [0, 0.05) is 19.1 Å². The van der Waals surface area contributed by atoms with E-state index in [2.05, 4.69) is 10.2 Å². The quantitative estimate of drug-likeness (QED) is 0.730. The van der Waals surface area contributed by atoms with Crippen LogP contribution < -0.4 is 15.8 Å². The zero-order chi connectivity index (χ0) is 18.2. The molecule has 2 aromatic rings. The van der Waals surface area contributed by atoms with E-state index >= 15 is 0 Å². The fourth-order valence-electron chi connectivity index (χ4n) is 2.49. The summed E-state index contributed by atoms with van der Waals surface area (Å²) in [6.45, 7) is 1.31. The maximum atomic E-state index is 13.1. The summed E-state index contributed by atoms with van der Waals surface area (Å²) in [5.41, 5.74) is 7.21. The van der Waals surface area contributed by atoms with Crippen LogP contribution in [0.15, 0.2) is 48.5 Å². The molecule has 1 atom stereocenters. The lowest BCUT2D eigenvalue weighted by Gasteiger charge is -2.25. The maximum absolute atomic E-state index is 13.1. The van der Waals surface area contributed by atoms with E-state index in [1.807, 2.05) is 50.5 Å². The number of carbonyl (C=O) groups is 1. The van der Waals surface area contributed by atoms with Crippen LogP contribution in [0.25, 0.3) is 0 Å². The summed E-state index contributed by atoms with van der Waals surface area (Å²) < 4.78 is 18.3. The highest BCUT2D eigenvalue weighted by molar-refractivity contribution is 5.75. The van der Waals surface area contributed by atoms with Gasteiger partial charge < -0.3 is 20.7 Å². The van der Waals surface area contributed by atoms with Crippen LogP contribution in [0.4, 0.5) is 4.39 Å².